The highest BCUT2D eigenvalue weighted by molar-refractivity contribution is 7.98. The molecule has 0 unspecified atom stereocenters. The summed E-state index contributed by atoms with van der Waals surface area (Å²) in [6, 6.07) is 12.1. The van der Waals surface area contributed by atoms with Gasteiger partial charge in [0.05, 0.1) is 12.0 Å². The summed E-state index contributed by atoms with van der Waals surface area (Å²) >= 11 is 1.56. The molecule has 5 nitrogen and oxygen atoms in total. The Hall–Kier alpha value is -2.21. The van der Waals surface area contributed by atoms with Gasteiger partial charge in [-0.3, -0.25) is 0 Å². The van der Waals surface area contributed by atoms with Crippen molar-refractivity contribution in [1.29, 1.82) is 0 Å². The smallest absolute Gasteiger partial charge is 0.227 e. The molecule has 0 aliphatic rings. The van der Waals surface area contributed by atoms with Crippen molar-refractivity contribution >= 4 is 23.4 Å². The molecule has 0 bridgehead atoms. The molecule has 114 valence electrons. The molecule has 3 aromatic rings. The Morgan fingerprint density at radius 2 is 2.05 bits per heavy atom. The molecule has 0 saturated heterocycles. The number of hydrogen-bond acceptors (Lipinski definition) is 5. The van der Waals surface area contributed by atoms with Gasteiger partial charge in [-0.25, -0.2) is 0 Å². The molecular formula is C16H18N4OS. The van der Waals surface area contributed by atoms with Crippen molar-refractivity contribution in [1.82, 2.24) is 15.2 Å². The van der Waals surface area contributed by atoms with E-state index in [1.165, 1.54) is 5.56 Å². The summed E-state index contributed by atoms with van der Waals surface area (Å²) in [5, 5.41) is 12.3. The van der Waals surface area contributed by atoms with E-state index >= 15 is 0 Å². The Bertz CT molecular complexity index is 721. The lowest BCUT2D eigenvalue weighted by atomic mass is 10.0. The van der Waals surface area contributed by atoms with E-state index in [1.807, 2.05) is 30.3 Å². The van der Waals surface area contributed by atoms with Gasteiger partial charge in [0.1, 0.15) is 5.76 Å². The van der Waals surface area contributed by atoms with Gasteiger partial charge in [0.25, 0.3) is 0 Å². The van der Waals surface area contributed by atoms with Crippen LogP contribution in [0.4, 0.5) is 11.6 Å². The van der Waals surface area contributed by atoms with Crippen molar-refractivity contribution in [2.24, 2.45) is 0 Å². The van der Waals surface area contributed by atoms with Crippen LogP contribution in [0, 0.1) is 0 Å². The summed E-state index contributed by atoms with van der Waals surface area (Å²) < 4.78 is 5.30. The number of aromatic amines is 1. The Kier molecular flexibility index (Phi) is 4.48. The molecule has 22 heavy (non-hydrogen) atoms. The molecule has 2 aromatic heterocycles. The Morgan fingerprint density at radius 1 is 1.18 bits per heavy atom. The molecule has 0 spiro atoms. The summed E-state index contributed by atoms with van der Waals surface area (Å²) in [6.07, 6.45) is 1.67. The molecule has 0 aliphatic carbocycles. The number of nitrogens with one attached hydrogen (secondary N) is 2. The Morgan fingerprint density at radius 3 is 2.82 bits per heavy atom. The number of H-pyrrole nitrogens is 1. The fourth-order valence-corrected chi connectivity index (χ4v) is 2.85. The van der Waals surface area contributed by atoms with Crippen LogP contribution < -0.4 is 5.32 Å². The van der Waals surface area contributed by atoms with Gasteiger partial charge in [-0.05, 0) is 29.7 Å². The minimum atomic E-state index is 0.444. The number of nitrogens with zero attached hydrogens (tertiary/aromatic N) is 2. The van der Waals surface area contributed by atoms with Crippen LogP contribution in [-0.4, -0.2) is 15.2 Å². The van der Waals surface area contributed by atoms with E-state index in [9.17, 15) is 0 Å². The number of furan rings is 1. The largest absolute Gasteiger partial charge is 0.468 e. The van der Waals surface area contributed by atoms with Gasteiger partial charge in [0, 0.05) is 5.69 Å². The molecule has 2 N–H and O–H groups in total. The Balaban J connectivity index is 1.67. The third-order valence-corrected chi connectivity index (χ3v) is 4.12. The van der Waals surface area contributed by atoms with Crippen LogP contribution in [0.25, 0.3) is 0 Å². The summed E-state index contributed by atoms with van der Waals surface area (Å²) in [4.78, 5) is 3.18. The number of rotatable bonds is 6. The minimum absolute atomic E-state index is 0.444. The Labute approximate surface area is 133 Å². The lowest BCUT2D eigenvalue weighted by Crippen LogP contribution is -1.98. The van der Waals surface area contributed by atoms with Crippen LogP contribution in [-0.2, 0) is 5.75 Å². The highest BCUT2D eigenvalue weighted by atomic mass is 32.2. The average molecular weight is 314 g/mol. The van der Waals surface area contributed by atoms with Crippen molar-refractivity contribution in [3.63, 3.8) is 0 Å². The number of aromatic nitrogens is 3. The third-order valence-electron chi connectivity index (χ3n) is 3.23. The van der Waals surface area contributed by atoms with Gasteiger partial charge in [-0.1, -0.05) is 43.8 Å². The maximum absolute atomic E-state index is 5.30. The van der Waals surface area contributed by atoms with Gasteiger partial charge in [0.2, 0.25) is 5.95 Å². The summed E-state index contributed by atoms with van der Waals surface area (Å²) in [5.74, 6) is 2.74. The van der Waals surface area contributed by atoms with Gasteiger partial charge in [-0.15, -0.1) is 10.2 Å². The maximum atomic E-state index is 5.30. The van der Waals surface area contributed by atoms with Crippen LogP contribution in [0.15, 0.2) is 52.2 Å². The number of hydrogen-bond donors (Lipinski definition) is 2. The molecular weight excluding hydrogens is 296 g/mol. The number of para-hydroxylation sites is 1. The monoisotopic (exact) mass is 314 g/mol. The summed E-state index contributed by atoms with van der Waals surface area (Å²) in [6.45, 7) is 4.34. The summed E-state index contributed by atoms with van der Waals surface area (Å²) in [5.41, 5.74) is 2.31. The van der Waals surface area contributed by atoms with E-state index in [4.69, 9.17) is 4.42 Å². The second-order valence-electron chi connectivity index (χ2n) is 5.21. The molecule has 1 aromatic carbocycles. The molecule has 0 radical (unpaired) electrons. The van der Waals surface area contributed by atoms with Gasteiger partial charge in [-0.2, -0.15) is 0 Å². The second kappa shape index (κ2) is 6.70. The fourth-order valence-electron chi connectivity index (χ4n) is 2.14. The van der Waals surface area contributed by atoms with Crippen molar-refractivity contribution in [3.05, 3.63) is 54.0 Å². The number of anilines is 2. The topological polar surface area (TPSA) is 66.7 Å². The molecule has 2 heterocycles. The quantitative estimate of drug-likeness (QED) is 0.653. The predicted molar refractivity (Wildman–Crippen MR) is 88.5 cm³/mol. The first-order valence-electron chi connectivity index (χ1n) is 7.16. The lowest BCUT2D eigenvalue weighted by Gasteiger charge is -2.12. The van der Waals surface area contributed by atoms with Crippen molar-refractivity contribution in [2.45, 2.75) is 30.7 Å². The van der Waals surface area contributed by atoms with Crippen LogP contribution in [0.2, 0.25) is 0 Å². The highest BCUT2D eigenvalue weighted by Crippen LogP contribution is 2.26. The molecule has 3 rings (SSSR count). The van der Waals surface area contributed by atoms with Gasteiger partial charge < -0.3 is 14.7 Å². The molecule has 6 heteroatoms. The average Bonchev–Trinajstić information content (AvgIpc) is 3.17. The first-order valence-corrected chi connectivity index (χ1v) is 8.15. The molecule has 0 fully saturated rings. The van der Waals surface area contributed by atoms with E-state index in [-0.39, 0.29) is 0 Å². The van der Waals surface area contributed by atoms with Crippen molar-refractivity contribution in [2.75, 3.05) is 5.32 Å². The predicted octanol–water partition coefficient (Wildman–Crippen LogP) is 4.56. The van der Waals surface area contributed by atoms with Gasteiger partial charge in [0.15, 0.2) is 5.16 Å². The van der Waals surface area contributed by atoms with Gasteiger partial charge >= 0.3 is 0 Å². The first-order chi connectivity index (χ1) is 10.7. The summed E-state index contributed by atoms with van der Waals surface area (Å²) in [7, 11) is 0. The SMILES string of the molecule is CC(C)c1ccccc1Nc1nnc(SCc2ccco2)[nH]1. The highest BCUT2D eigenvalue weighted by Gasteiger charge is 2.09. The minimum Gasteiger partial charge on any atom is -0.468 e. The molecule has 0 saturated carbocycles. The normalized spacial score (nSPS) is 11.0. The number of thioether (sulfide) groups is 1. The fraction of sp³-hybridized carbons (Fsp3) is 0.250. The van der Waals surface area contributed by atoms with E-state index in [0.29, 0.717) is 11.9 Å². The maximum Gasteiger partial charge on any atom is 0.227 e. The second-order valence-corrected chi connectivity index (χ2v) is 6.18. The standard InChI is InChI=1S/C16H18N4OS/c1-11(2)13-7-3-4-8-14(13)17-15-18-16(20-19-15)22-10-12-6-5-9-21-12/h3-9,11H,10H2,1-2H3,(H2,17,18,19,20). The lowest BCUT2D eigenvalue weighted by molar-refractivity contribution is 0.530. The zero-order chi connectivity index (χ0) is 15.4. The first kappa shape index (κ1) is 14.7. The van der Waals surface area contributed by atoms with E-state index in [1.54, 1.807) is 18.0 Å². The van der Waals surface area contributed by atoms with Crippen molar-refractivity contribution < 1.29 is 4.42 Å². The van der Waals surface area contributed by atoms with E-state index < -0.39 is 0 Å². The van der Waals surface area contributed by atoms with Crippen LogP contribution in [0.1, 0.15) is 31.1 Å². The van der Waals surface area contributed by atoms with Crippen LogP contribution >= 0.6 is 11.8 Å². The molecule has 0 aliphatic heterocycles. The van der Waals surface area contributed by atoms with E-state index in [0.717, 1.165) is 22.4 Å². The molecule has 0 amide bonds. The zero-order valence-corrected chi connectivity index (χ0v) is 13.4. The van der Waals surface area contributed by atoms with E-state index in [2.05, 4.69) is 40.4 Å². The third kappa shape index (κ3) is 3.51. The number of benzene rings is 1. The zero-order valence-electron chi connectivity index (χ0n) is 12.5. The van der Waals surface area contributed by atoms with Crippen molar-refractivity contribution in [3.8, 4) is 0 Å². The van der Waals surface area contributed by atoms with Crippen LogP contribution in [0.5, 0.6) is 0 Å². The molecule has 0 atom stereocenters. The van der Waals surface area contributed by atoms with Crippen LogP contribution in [0.3, 0.4) is 0 Å².